The van der Waals surface area contributed by atoms with Gasteiger partial charge in [0, 0.05) is 44.9 Å². The summed E-state index contributed by atoms with van der Waals surface area (Å²) in [4.78, 5) is 21.6. The number of carboxylic acid groups (broad SMARTS) is 1. The second kappa shape index (κ2) is 7.31. The van der Waals surface area contributed by atoms with Crippen LogP contribution in [0, 0.1) is 0 Å². The molecule has 0 bridgehead atoms. The maximum absolute atomic E-state index is 11.3. The van der Waals surface area contributed by atoms with Gasteiger partial charge in [0.25, 0.3) is 0 Å². The molecule has 7 nitrogen and oxygen atoms in total. The zero-order valence-corrected chi connectivity index (χ0v) is 10.3. The molecular formula is C11H18N4O3. The van der Waals surface area contributed by atoms with Crippen LogP contribution >= 0.6 is 0 Å². The van der Waals surface area contributed by atoms with E-state index < -0.39 is 5.97 Å². The normalized spacial score (nSPS) is 10.1. The van der Waals surface area contributed by atoms with E-state index in [-0.39, 0.29) is 12.5 Å². The van der Waals surface area contributed by atoms with E-state index in [1.807, 2.05) is 13.1 Å². The SMILES string of the molecule is Cn1nccc1CCNC(=O)NCCCC(=O)O. The van der Waals surface area contributed by atoms with Crippen LogP contribution in [0.4, 0.5) is 4.79 Å². The van der Waals surface area contributed by atoms with Gasteiger partial charge >= 0.3 is 12.0 Å². The monoisotopic (exact) mass is 254 g/mol. The predicted molar refractivity (Wildman–Crippen MR) is 65.2 cm³/mol. The number of carbonyl (C=O) groups excluding carboxylic acids is 1. The van der Waals surface area contributed by atoms with Crippen molar-refractivity contribution in [3.05, 3.63) is 18.0 Å². The van der Waals surface area contributed by atoms with Crippen LogP contribution < -0.4 is 10.6 Å². The van der Waals surface area contributed by atoms with Gasteiger partial charge in [-0.05, 0) is 12.5 Å². The molecule has 0 saturated heterocycles. The van der Waals surface area contributed by atoms with Gasteiger partial charge in [0.15, 0.2) is 0 Å². The first-order valence-electron chi connectivity index (χ1n) is 5.80. The van der Waals surface area contributed by atoms with Crippen molar-refractivity contribution in [3.63, 3.8) is 0 Å². The number of aromatic nitrogens is 2. The average Bonchev–Trinajstić information content (AvgIpc) is 2.70. The maximum Gasteiger partial charge on any atom is 0.314 e. The highest BCUT2D eigenvalue weighted by Crippen LogP contribution is 1.95. The van der Waals surface area contributed by atoms with Gasteiger partial charge in [0.2, 0.25) is 0 Å². The van der Waals surface area contributed by atoms with Gasteiger partial charge in [-0.15, -0.1) is 0 Å². The van der Waals surface area contributed by atoms with E-state index in [9.17, 15) is 9.59 Å². The molecular weight excluding hydrogens is 236 g/mol. The van der Waals surface area contributed by atoms with E-state index in [2.05, 4.69) is 15.7 Å². The minimum Gasteiger partial charge on any atom is -0.481 e. The lowest BCUT2D eigenvalue weighted by Gasteiger charge is -2.07. The molecule has 0 saturated carbocycles. The van der Waals surface area contributed by atoms with E-state index >= 15 is 0 Å². The summed E-state index contributed by atoms with van der Waals surface area (Å²) in [5.74, 6) is -0.853. The van der Waals surface area contributed by atoms with Gasteiger partial charge in [-0.3, -0.25) is 9.48 Å². The van der Waals surface area contributed by atoms with Gasteiger partial charge < -0.3 is 15.7 Å². The van der Waals surface area contributed by atoms with Crippen molar-refractivity contribution in [2.45, 2.75) is 19.3 Å². The van der Waals surface area contributed by atoms with E-state index in [4.69, 9.17) is 5.11 Å². The fourth-order valence-electron chi connectivity index (χ4n) is 1.45. The maximum atomic E-state index is 11.3. The van der Waals surface area contributed by atoms with Crippen molar-refractivity contribution < 1.29 is 14.7 Å². The summed E-state index contributed by atoms with van der Waals surface area (Å²) < 4.78 is 1.76. The van der Waals surface area contributed by atoms with Crippen LogP contribution in [0.15, 0.2) is 12.3 Å². The van der Waals surface area contributed by atoms with E-state index in [1.54, 1.807) is 10.9 Å². The number of aryl methyl sites for hydroxylation is 1. The van der Waals surface area contributed by atoms with Crippen molar-refractivity contribution in [2.75, 3.05) is 13.1 Å². The highest BCUT2D eigenvalue weighted by molar-refractivity contribution is 5.73. The Morgan fingerprint density at radius 2 is 2.11 bits per heavy atom. The summed E-state index contributed by atoms with van der Waals surface area (Å²) in [5, 5.41) is 17.7. The molecule has 18 heavy (non-hydrogen) atoms. The van der Waals surface area contributed by atoms with Crippen LogP contribution in [0.25, 0.3) is 0 Å². The van der Waals surface area contributed by atoms with Crippen LogP contribution in [0.3, 0.4) is 0 Å². The molecule has 0 aliphatic heterocycles. The van der Waals surface area contributed by atoms with Crippen molar-refractivity contribution in [2.24, 2.45) is 7.05 Å². The first-order valence-corrected chi connectivity index (χ1v) is 5.80. The summed E-state index contributed by atoms with van der Waals surface area (Å²) in [7, 11) is 1.85. The van der Waals surface area contributed by atoms with Crippen molar-refractivity contribution in [3.8, 4) is 0 Å². The number of amides is 2. The molecule has 0 aromatic carbocycles. The second-order valence-corrected chi connectivity index (χ2v) is 3.88. The minimum absolute atomic E-state index is 0.0648. The third kappa shape index (κ3) is 5.33. The van der Waals surface area contributed by atoms with Gasteiger partial charge in [-0.2, -0.15) is 5.10 Å². The fourth-order valence-corrected chi connectivity index (χ4v) is 1.45. The molecule has 1 aromatic heterocycles. The number of urea groups is 1. The minimum atomic E-state index is -0.853. The first-order chi connectivity index (χ1) is 8.59. The Hall–Kier alpha value is -2.05. The smallest absolute Gasteiger partial charge is 0.314 e. The number of carboxylic acids is 1. The Kier molecular flexibility index (Phi) is 5.69. The molecule has 0 radical (unpaired) electrons. The summed E-state index contributed by atoms with van der Waals surface area (Å²) in [5.41, 5.74) is 1.04. The summed E-state index contributed by atoms with van der Waals surface area (Å²) in [6, 6.07) is 1.62. The number of hydrogen-bond donors (Lipinski definition) is 3. The molecule has 1 heterocycles. The highest BCUT2D eigenvalue weighted by atomic mass is 16.4. The van der Waals surface area contributed by atoms with Gasteiger partial charge in [0.1, 0.15) is 0 Å². The molecule has 1 aromatic rings. The number of rotatable bonds is 7. The van der Waals surface area contributed by atoms with E-state index in [0.29, 0.717) is 25.9 Å². The third-order valence-electron chi connectivity index (χ3n) is 2.44. The van der Waals surface area contributed by atoms with Crippen LogP contribution in [0.1, 0.15) is 18.5 Å². The number of nitrogens with one attached hydrogen (secondary N) is 2. The summed E-state index contributed by atoms with van der Waals surface area (Å²) in [6.07, 6.45) is 2.92. The number of hydrogen-bond acceptors (Lipinski definition) is 3. The molecule has 0 aliphatic carbocycles. The molecule has 0 atom stereocenters. The summed E-state index contributed by atoms with van der Waals surface area (Å²) in [6.45, 7) is 0.883. The lowest BCUT2D eigenvalue weighted by atomic mass is 10.3. The molecule has 0 fully saturated rings. The van der Waals surface area contributed by atoms with Crippen LogP contribution in [-0.2, 0) is 18.3 Å². The number of aliphatic carboxylic acids is 1. The third-order valence-corrected chi connectivity index (χ3v) is 2.44. The Morgan fingerprint density at radius 1 is 1.39 bits per heavy atom. The number of carbonyl (C=O) groups is 2. The topological polar surface area (TPSA) is 96.3 Å². The Bertz CT molecular complexity index is 403. The lowest BCUT2D eigenvalue weighted by molar-refractivity contribution is -0.137. The Balaban J connectivity index is 2.07. The van der Waals surface area contributed by atoms with Crippen molar-refractivity contribution in [1.29, 1.82) is 0 Å². The molecule has 3 N–H and O–H groups in total. The molecule has 7 heteroatoms. The molecule has 0 spiro atoms. The Morgan fingerprint density at radius 3 is 2.72 bits per heavy atom. The molecule has 0 aliphatic rings. The predicted octanol–water partition coefficient (Wildman–Crippen LogP) is 0.127. The van der Waals surface area contributed by atoms with Crippen molar-refractivity contribution in [1.82, 2.24) is 20.4 Å². The van der Waals surface area contributed by atoms with Crippen LogP contribution in [0.2, 0.25) is 0 Å². The van der Waals surface area contributed by atoms with E-state index in [0.717, 1.165) is 5.69 Å². The zero-order valence-electron chi connectivity index (χ0n) is 10.3. The largest absolute Gasteiger partial charge is 0.481 e. The Labute approximate surface area is 105 Å². The zero-order chi connectivity index (χ0) is 13.4. The fraction of sp³-hybridized carbons (Fsp3) is 0.545. The van der Waals surface area contributed by atoms with Gasteiger partial charge in [-0.25, -0.2) is 4.79 Å². The summed E-state index contributed by atoms with van der Waals surface area (Å²) >= 11 is 0. The van der Waals surface area contributed by atoms with Crippen LogP contribution in [-0.4, -0.2) is 40.0 Å². The molecule has 1 rings (SSSR count). The second-order valence-electron chi connectivity index (χ2n) is 3.88. The van der Waals surface area contributed by atoms with E-state index in [1.165, 1.54) is 0 Å². The lowest BCUT2D eigenvalue weighted by Crippen LogP contribution is -2.37. The molecule has 100 valence electrons. The van der Waals surface area contributed by atoms with Gasteiger partial charge in [-0.1, -0.05) is 0 Å². The standard InChI is InChI=1S/C11H18N4O3/c1-15-9(5-8-14-15)4-7-13-11(18)12-6-2-3-10(16)17/h5,8H,2-4,6-7H2,1H3,(H,16,17)(H2,12,13,18). The molecule has 0 unspecified atom stereocenters. The highest BCUT2D eigenvalue weighted by Gasteiger charge is 2.02. The van der Waals surface area contributed by atoms with Gasteiger partial charge in [0.05, 0.1) is 0 Å². The quantitative estimate of drug-likeness (QED) is 0.602. The first kappa shape index (κ1) is 14.0. The molecule has 2 amide bonds. The van der Waals surface area contributed by atoms with Crippen LogP contribution in [0.5, 0.6) is 0 Å². The average molecular weight is 254 g/mol. The number of nitrogens with zero attached hydrogens (tertiary/aromatic N) is 2. The van der Waals surface area contributed by atoms with Crippen molar-refractivity contribution >= 4 is 12.0 Å².